The fourth-order valence-corrected chi connectivity index (χ4v) is 6.06. The average molecular weight is 477 g/mol. The Morgan fingerprint density at radius 3 is 2.48 bits per heavy atom. The number of nitrogens with zero attached hydrogens (tertiary/aromatic N) is 2. The summed E-state index contributed by atoms with van der Waals surface area (Å²) in [5.41, 5.74) is 3.54. The lowest BCUT2D eigenvalue weighted by molar-refractivity contribution is -0.132. The first-order valence-electron chi connectivity index (χ1n) is 10.1. The second-order valence-electron chi connectivity index (χ2n) is 7.70. The number of rotatable bonds is 5. The smallest absolute Gasteiger partial charge is 0.243 e. The number of benzene rings is 2. The molecule has 0 radical (unpaired) electrons. The maximum absolute atomic E-state index is 13.0. The van der Waals surface area contributed by atoms with Crippen molar-refractivity contribution in [3.05, 3.63) is 63.6 Å². The summed E-state index contributed by atoms with van der Waals surface area (Å²) < 4.78 is 28.6. The van der Waals surface area contributed by atoms with Gasteiger partial charge in [-0.25, -0.2) is 8.42 Å². The molecule has 4 rings (SSSR count). The largest absolute Gasteiger partial charge is 0.340 e. The number of halogens is 1. The highest BCUT2D eigenvalue weighted by Gasteiger charge is 2.30. The standard InChI is InChI=1S/C22H25BrN2O3S/c23-20-6-1-3-17(15-20)7-10-22(26)24-11-13-25(14-12-24)29(27,28)21-9-8-18-4-2-5-19(18)16-21/h1,3,6,8-9,15-16H,2,4-5,7,10-14H2. The van der Waals surface area contributed by atoms with Gasteiger partial charge < -0.3 is 4.90 Å². The topological polar surface area (TPSA) is 57.7 Å². The molecule has 2 aliphatic rings. The third kappa shape index (κ3) is 4.57. The molecule has 1 heterocycles. The molecule has 1 fully saturated rings. The molecule has 0 bridgehead atoms. The van der Waals surface area contributed by atoms with Crippen molar-refractivity contribution < 1.29 is 13.2 Å². The predicted octanol–water partition coefficient (Wildman–Crippen LogP) is 3.40. The van der Waals surface area contributed by atoms with Gasteiger partial charge in [-0.3, -0.25) is 4.79 Å². The predicted molar refractivity (Wildman–Crippen MR) is 116 cm³/mol. The number of hydrogen-bond acceptors (Lipinski definition) is 3. The van der Waals surface area contributed by atoms with E-state index in [-0.39, 0.29) is 5.91 Å². The van der Waals surface area contributed by atoms with Gasteiger partial charge in [-0.15, -0.1) is 0 Å². The Hall–Kier alpha value is -1.70. The molecule has 0 aromatic heterocycles. The van der Waals surface area contributed by atoms with Gasteiger partial charge in [0.25, 0.3) is 0 Å². The Morgan fingerprint density at radius 2 is 1.72 bits per heavy atom. The lowest BCUT2D eigenvalue weighted by Crippen LogP contribution is -2.50. The summed E-state index contributed by atoms with van der Waals surface area (Å²) in [4.78, 5) is 14.7. The highest BCUT2D eigenvalue weighted by Crippen LogP contribution is 2.27. The summed E-state index contributed by atoms with van der Waals surface area (Å²) in [6.07, 6.45) is 4.22. The summed E-state index contributed by atoms with van der Waals surface area (Å²) in [6.45, 7) is 1.59. The van der Waals surface area contributed by atoms with E-state index in [0.29, 0.717) is 43.9 Å². The lowest BCUT2D eigenvalue weighted by Gasteiger charge is -2.34. The third-order valence-electron chi connectivity index (χ3n) is 5.82. The summed E-state index contributed by atoms with van der Waals surface area (Å²) in [5, 5.41) is 0. The van der Waals surface area contributed by atoms with Crippen LogP contribution in [0.3, 0.4) is 0 Å². The monoisotopic (exact) mass is 476 g/mol. The zero-order valence-electron chi connectivity index (χ0n) is 16.3. The molecule has 0 N–H and O–H groups in total. The number of hydrogen-bond donors (Lipinski definition) is 0. The molecule has 0 atom stereocenters. The molecule has 0 spiro atoms. The van der Waals surface area contributed by atoms with Crippen molar-refractivity contribution in [2.75, 3.05) is 26.2 Å². The van der Waals surface area contributed by atoms with Gasteiger partial charge in [-0.1, -0.05) is 34.1 Å². The molecule has 7 heteroatoms. The Labute approximate surface area is 180 Å². The van der Waals surface area contributed by atoms with Gasteiger partial charge in [0.1, 0.15) is 0 Å². The molecule has 29 heavy (non-hydrogen) atoms. The lowest BCUT2D eigenvalue weighted by atomic mass is 10.1. The van der Waals surface area contributed by atoms with Gasteiger partial charge in [-0.2, -0.15) is 4.31 Å². The van der Waals surface area contributed by atoms with Crippen LogP contribution in [0.15, 0.2) is 51.8 Å². The number of carbonyl (C=O) groups excluding carboxylic acids is 1. The molecule has 1 aliphatic heterocycles. The fourth-order valence-electron chi connectivity index (χ4n) is 4.14. The Kier molecular flexibility index (Phi) is 6.08. The number of amides is 1. The Balaban J connectivity index is 1.34. The number of aryl methyl sites for hydroxylation is 3. The van der Waals surface area contributed by atoms with Gasteiger partial charge in [0.05, 0.1) is 4.90 Å². The van der Waals surface area contributed by atoms with E-state index >= 15 is 0 Å². The van der Waals surface area contributed by atoms with Crippen molar-refractivity contribution in [3.8, 4) is 0 Å². The number of fused-ring (bicyclic) bond motifs is 1. The van der Waals surface area contributed by atoms with Gasteiger partial charge in [0.15, 0.2) is 0 Å². The zero-order chi connectivity index (χ0) is 20.4. The number of carbonyl (C=O) groups is 1. The molecule has 1 amide bonds. The van der Waals surface area contributed by atoms with Crippen LogP contribution in [-0.4, -0.2) is 49.7 Å². The van der Waals surface area contributed by atoms with Crippen LogP contribution < -0.4 is 0 Å². The van der Waals surface area contributed by atoms with Gasteiger partial charge in [-0.05, 0) is 66.6 Å². The molecular weight excluding hydrogens is 452 g/mol. The van der Waals surface area contributed by atoms with E-state index in [4.69, 9.17) is 0 Å². The number of piperazine rings is 1. The molecule has 0 saturated carbocycles. The van der Waals surface area contributed by atoms with Crippen LogP contribution >= 0.6 is 15.9 Å². The fraction of sp³-hybridized carbons (Fsp3) is 0.409. The molecule has 1 saturated heterocycles. The molecule has 1 aliphatic carbocycles. The van der Waals surface area contributed by atoms with E-state index in [9.17, 15) is 13.2 Å². The van der Waals surface area contributed by atoms with E-state index in [1.807, 2.05) is 36.4 Å². The highest BCUT2D eigenvalue weighted by molar-refractivity contribution is 9.10. The van der Waals surface area contributed by atoms with Crippen molar-refractivity contribution in [2.45, 2.75) is 37.0 Å². The van der Waals surface area contributed by atoms with Crippen LogP contribution in [0, 0.1) is 0 Å². The Morgan fingerprint density at radius 1 is 0.966 bits per heavy atom. The molecule has 0 unspecified atom stereocenters. The van der Waals surface area contributed by atoms with E-state index in [0.717, 1.165) is 34.9 Å². The minimum Gasteiger partial charge on any atom is -0.340 e. The van der Waals surface area contributed by atoms with Crippen LogP contribution in [-0.2, 0) is 34.1 Å². The van der Waals surface area contributed by atoms with Crippen LogP contribution in [0.5, 0.6) is 0 Å². The quantitative estimate of drug-likeness (QED) is 0.664. The maximum atomic E-state index is 13.0. The molecule has 154 valence electrons. The van der Waals surface area contributed by atoms with Crippen molar-refractivity contribution in [1.29, 1.82) is 0 Å². The van der Waals surface area contributed by atoms with Gasteiger partial charge in [0.2, 0.25) is 15.9 Å². The van der Waals surface area contributed by atoms with Crippen molar-refractivity contribution in [1.82, 2.24) is 9.21 Å². The van der Waals surface area contributed by atoms with E-state index in [1.165, 1.54) is 9.87 Å². The first-order valence-corrected chi connectivity index (χ1v) is 12.3. The molecule has 2 aromatic carbocycles. The van der Waals surface area contributed by atoms with Crippen molar-refractivity contribution in [3.63, 3.8) is 0 Å². The van der Waals surface area contributed by atoms with Crippen LogP contribution in [0.2, 0.25) is 0 Å². The Bertz CT molecular complexity index is 1010. The van der Waals surface area contributed by atoms with Crippen LogP contribution in [0.25, 0.3) is 0 Å². The third-order valence-corrected chi connectivity index (χ3v) is 8.20. The summed E-state index contributed by atoms with van der Waals surface area (Å²) in [6, 6.07) is 13.5. The molecule has 5 nitrogen and oxygen atoms in total. The summed E-state index contributed by atoms with van der Waals surface area (Å²) >= 11 is 3.45. The minimum absolute atomic E-state index is 0.0829. The maximum Gasteiger partial charge on any atom is 0.243 e. The van der Waals surface area contributed by atoms with Crippen molar-refractivity contribution in [2.24, 2.45) is 0 Å². The van der Waals surface area contributed by atoms with E-state index in [1.54, 1.807) is 11.0 Å². The average Bonchev–Trinajstić information content (AvgIpc) is 3.20. The minimum atomic E-state index is -3.50. The number of sulfonamides is 1. The van der Waals surface area contributed by atoms with Crippen molar-refractivity contribution >= 4 is 31.9 Å². The van der Waals surface area contributed by atoms with Crippen LogP contribution in [0.1, 0.15) is 29.5 Å². The zero-order valence-corrected chi connectivity index (χ0v) is 18.7. The molecular formula is C22H25BrN2O3S. The first kappa shape index (κ1) is 20.6. The van der Waals surface area contributed by atoms with Crippen LogP contribution in [0.4, 0.5) is 0 Å². The highest BCUT2D eigenvalue weighted by atomic mass is 79.9. The second-order valence-corrected chi connectivity index (χ2v) is 10.6. The van der Waals surface area contributed by atoms with Gasteiger partial charge >= 0.3 is 0 Å². The normalized spacial score (nSPS) is 17.3. The second kappa shape index (κ2) is 8.58. The molecule has 2 aromatic rings. The summed E-state index contributed by atoms with van der Waals surface area (Å²) in [5.74, 6) is 0.0829. The van der Waals surface area contributed by atoms with E-state index < -0.39 is 10.0 Å². The first-order chi connectivity index (χ1) is 13.9. The summed E-state index contributed by atoms with van der Waals surface area (Å²) in [7, 11) is -3.50. The SMILES string of the molecule is O=C(CCc1cccc(Br)c1)N1CCN(S(=O)(=O)c2ccc3c(c2)CCC3)CC1. The van der Waals surface area contributed by atoms with E-state index in [2.05, 4.69) is 15.9 Å². The van der Waals surface area contributed by atoms with Gasteiger partial charge in [0, 0.05) is 37.1 Å².